The van der Waals surface area contributed by atoms with Crippen LogP contribution in [0.15, 0.2) is 40.9 Å². The number of carbonyl (C=O) groups is 1. The molecule has 0 heterocycles. The fourth-order valence-corrected chi connectivity index (χ4v) is 2.84. The lowest BCUT2D eigenvalue weighted by Gasteiger charge is -2.11. The predicted molar refractivity (Wildman–Crippen MR) is 97.6 cm³/mol. The van der Waals surface area contributed by atoms with Gasteiger partial charge in [0, 0.05) is 17.3 Å². The van der Waals surface area contributed by atoms with E-state index in [2.05, 4.69) is 26.6 Å². The Kier molecular flexibility index (Phi) is 6.30. The van der Waals surface area contributed by atoms with Gasteiger partial charge in [-0.1, -0.05) is 23.7 Å². The second kappa shape index (κ2) is 8.22. The number of urea groups is 1. The third kappa shape index (κ3) is 5.15. The Morgan fingerprint density at radius 3 is 2.74 bits per heavy atom. The summed E-state index contributed by atoms with van der Waals surface area (Å²) in [4.78, 5) is 11.9. The van der Waals surface area contributed by atoms with Gasteiger partial charge in [0.05, 0.1) is 11.6 Å². The van der Waals surface area contributed by atoms with Crippen LogP contribution in [0.5, 0.6) is 5.75 Å². The van der Waals surface area contributed by atoms with Crippen LogP contribution in [0.4, 0.5) is 10.5 Å². The minimum absolute atomic E-state index is 0.247. The summed E-state index contributed by atoms with van der Waals surface area (Å²) in [5.74, 6) is 0.788. The fraction of sp³-hybridized carbons (Fsp3) is 0.235. The first kappa shape index (κ1) is 17.6. The maximum Gasteiger partial charge on any atom is 0.319 e. The number of amides is 2. The van der Waals surface area contributed by atoms with Gasteiger partial charge in [0.1, 0.15) is 5.75 Å². The molecule has 2 N–H and O–H groups in total. The van der Waals surface area contributed by atoms with Crippen LogP contribution in [0.2, 0.25) is 5.02 Å². The lowest BCUT2D eigenvalue weighted by molar-refractivity contribution is 0.252. The molecule has 0 unspecified atom stereocenters. The molecule has 122 valence electrons. The summed E-state index contributed by atoms with van der Waals surface area (Å²) in [5, 5.41) is 6.23. The molecule has 0 aliphatic rings. The lowest BCUT2D eigenvalue weighted by atomic mass is 10.1. The zero-order chi connectivity index (χ0) is 16.8. The van der Waals surface area contributed by atoms with Crippen molar-refractivity contribution in [3.05, 3.63) is 57.0 Å². The molecule has 0 aliphatic heterocycles. The number of benzene rings is 2. The molecule has 0 aromatic heterocycles. The van der Waals surface area contributed by atoms with Gasteiger partial charge in [-0.2, -0.15) is 0 Å². The number of anilines is 1. The fourth-order valence-electron chi connectivity index (χ4n) is 2.08. The average Bonchev–Trinajstić information content (AvgIpc) is 2.51. The molecule has 0 saturated carbocycles. The Labute approximate surface area is 149 Å². The Morgan fingerprint density at radius 1 is 1.26 bits per heavy atom. The van der Waals surface area contributed by atoms with E-state index in [-0.39, 0.29) is 6.03 Å². The highest BCUT2D eigenvalue weighted by Gasteiger charge is 2.06. The van der Waals surface area contributed by atoms with Gasteiger partial charge in [0.25, 0.3) is 0 Å². The van der Waals surface area contributed by atoms with Crippen molar-refractivity contribution in [2.24, 2.45) is 0 Å². The van der Waals surface area contributed by atoms with Crippen LogP contribution in [-0.2, 0) is 6.42 Å². The van der Waals surface area contributed by atoms with Crippen LogP contribution in [0, 0.1) is 6.92 Å². The summed E-state index contributed by atoms with van der Waals surface area (Å²) in [5.41, 5.74) is 2.78. The third-order valence-electron chi connectivity index (χ3n) is 3.36. The van der Waals surface area contributed by atoms with Crippen molar-refractivity contribution >= 4 is 39.2 Å². The summed E-state index contributed by atoms with van der Waals surface area (Å²) in [6, 6.07) is 11.0. The average molecular weight is 398 g/mol. The third-order valence-corrected chi connectivity index (χ3v) is 4.22. The van der Waals surface area contributed by atoms with Crippen LogP contribution in [0.25, 0.3) is 0 Å². The summed E-state index contributed by atoms with van der Waals surface area (Å²) >= 11 is 9.39. The van der Waals surface area contributed by atoms with Gasteiger partial charge in [-0.15, -0.1) is 0 Å². The second-order valence-corrected chi connectivity index (χ2v) is 6.35. The van der Waals surface area contributed by atoms with Crippen LogP contribution in [0.3, 0.4) is 0 Å². The highest BCUT2D eigenvalue weighted by Crippen LogP contribution is 2.25. The lowest BCUT2D eigenvalue weighted by Crippen LogP contribution is -2.30. The highest BCUT2D eigenvalue weighted by molar-refractivity contribution is 9.10. The highest BCUT2D eigenvalue weighted by atomic mass is 79.9. The molecule has 0 atom stereocenters. The van der Waals surface area contributed by atoms with E-state index in [0.717, 1.165) is 27.8 Å². The number of hydrogen-bond acceptors (Lipinski definition) is 2. The van der Waals surface area contributed by atoms with Crippen molar-refractivity contribution in [1.29, 1.82) is 0 Å². The molecular formula is C17H18BrClN2O2. The van der Waals surface area contributed by atoms with E-state index in [1.807, 2.05) is 31.2 Å². The normalized spacial score (nSPS) is 10.3. The Bertz CT molecular complexity index is 707. The Hall–Kier alpha value is -1.72. The van der Waals surface area contributed by atoms with Crippen LogP contribution >= 0.6 is 27.5 Å². The van der Waals surface area contributed by atoms with Gasteiger partial charge >= 0.3 is 6.03 Å². The molecule has 2 aromatic carbocycles. The van der Waals surface area contributed by atoms with Gasteiger partial charge in [-0.25, -0.2) is 4.79 Å². The van der Waals surface area contributed by atoms with Gasteiger partial charge in [0.2, 0.25) is 0 Å². The van der Waals surface area contributed by atoms with Gasteiger partial charge in [0.15, 0.2) is 0 Å². The number of nitrogens with one attached hydrogen (secondary N) is 2. The van der Waals surface area contributed by atoms with Crippen LogP contribution in [0.1, 0.15) is 11.1 Å². The first-order valence-corrected chi connectivity index (χ1v) is 8.30. The molecule has 2 amide bonds. The van der Waals surface area contributed by atoms with Crippen molar-refractivity contribution in [2.75, 3.05) is 19.0 Å². The molecule has 0 spiro atoms. The molecule has 0 bridgehead atoms. The molecule has 0 saturated heterocycles. The summed E-state index contributed by atoms with van der Waals surface area (Å²) in [7, 11) is 1.63. The second-order valence-electron chi connectivity index (χ2n) is 5.06. The monoisotopic (exact) mass is 396 g/mol. The van der Waals surface area contributed by atoms with E-state index in [0.29, 0.717) is 17.3 Å². The molecule has 0 fully saturated rings. The van der Waals surface area contributed by atoms with Crippen molar-refractivity contribution in [1.82, 2.24) is 5.32 Å². The van der Waals surface area contributed by atoms with Crippen molar-refractivity contribution < 1.29 is 9.53 Å². The van der Waals surface area contributed by atoms with Crippen molar-refractivity contribution in [2.45, 2.75) is 13.3 Å². The quantitative estimate of drug-likeness (QED) is 0.762. The molecular weight excluding hydrogens is 380 g/mol. The summed E-state index contributed by atoms with van der Waals surface area (Å²) in [6.45, 7) is 2.45. The number of aryl methyl sites for hydroxylation is 1. The van der Waals surface area contributed by atoms with E-state index in [1.165, 1.54) is 0 Å². The van der Waals surface area contributed by atoms with Crippen molar-refractivity contribution in [3.8, 4) is 5.75 Å². The van der Waals surface area contributed by atoms with E-state index >= 15 is 0 Å². The van der Waals surface area contributed by atoms with E-state index in [1.54, 1.807) is 19.2 Å². The first-order valence-electron chi connectivity index (χ1n) is 7.13. The molecule has 0 radical (unpaired) electrons. The Morgan fingerprint density at radius 2 is 2.04 bits per heavy atom. The molecule has 2 aromatic rings. The SMILES string of the molecule is COc1ccc(CCNC(=O)Nc2cc(Cl)ccc2C)cc1Br. The molecule has 4 nitrogen and oxygen atoms in total. The molecule has 0 aliphatic carbocycles. The first-order chi connectivity index (χ1) is 11.0. The molecule has 23 heavy (non-hydrogen) atoms. The van der Waals surface area contributed by atoms with Gasteiger partial charge < -0.3 is 15.4 Å². The smallest absolute Gasteiger partial charge is 0.319 e. The van der Waals surface area contributed by atoms with Gasteiger partial charge in [-0.3, -0.25) is 0 Å². The number of halogens is 2. The maximum atomic E-state index is 11.9. The number of rotatable bonds is 5. The minimum atomic E-state index is -0.247. The van der Waals surface area contributed by atoms with Crippen molar-refractivity contribution in [3.63, 3.8) is 0 Å². The number of carbonyl (C=O) groups excluding carboxylic acids is 1. The zero-order valence-corrected chi connectivity index (χ0v) is 15.3. The molecule has 6 heteroatoms. The predicted octanol–water partition coefficient (Wildman–Crippen LogP) is 4.78. The number of methoxy groups -OCH3 is 1. The van der Waals surface area contributed by atoms with E-state index in [9.17, 15) is 4.79 Å². The van der Waals surface area contributed by atoms with Crippen LogP contribution in [-0.4, -0.2) is 19.7 Å². The van der Waals surface area contributed by atoms with Gasteiger partial charge in [-0.05, 0) is 64.7 Å². The topological polar surface area (TPSA) is 50.4 Å². The minimum Gasteiger partial charge on any atom is -0.496 e. The van der Waals surface area contributed by atoms with E-state index < -0.39 is 0 Å². The summed E-state index contributed by atoms with van der Waals surface area (Å²) in [6.07, 6.45) is 0.727. The van der Waals surface area contributed by atoms with Crippen LogP contribution < -0.4 is 15.4 Å². The zero-order valence-electron chi connectivity index (χ0n) is 13.0. The van der Waals surface area contributed by atoms with E-state index in [4.69, 9.17) is 16.3 Å². The maximum absolute atomic E-state index is 11.9. The largest absolute Gasteiger partial charge is 0.496 e. The number of ether oxygens (including phenoxy) is 1. The summed E-state index contributed by atoms with van der Waals surface area (Å²) < 4.78 is 6.09. The number of hydrogen-bond donors (Lipinski definition) is 2. The standard InChI is InChI=1S/C17H18BrClN2O2/c1-11-3-5-13(19)10-15(11)21-17(22)20-8-7-12-4-6-16(23-2)14(18)9-12/h3-6,9-10H,7-8H2,1-2H3,(H2,20,21,22). The Balaban J connectivity index is 1.85. The molecule has 2 rings (SSSR count).